The number of rotatable bonds is 2. The number of alkyl halides is 1. The number of pyridine rings is 1. The number of aliphatic hydroxyl groups excluding tert-OH is 1. The Morgan fingerprint density at radius 3 is 2.86 bits per heavy atom. The molecule has 2 fully saturated rings. The van der Waals surface area contributed by atoms with Gasteiger partial charge in [0.05, 0.1) is 31.6 Å². The van der Waals surface area contributed by atoms with E-state index in [9.17, 15) is 9.50 Å². The summed E-state index contributed by atoms with van der Waals surface area (Å²) in [5, 5.41) is 20.7. The lowest BCUT2D eigenvalue weighted by Crippen LogP contribution is -2.41. The van der Waals surface area contributed by atoms with Gasteiger partial charge >= 0.3 is 0 Å². The van der Waals surface area contributed by atoms with E-state index in [0.717, 1.165) is 35.7 Å². The number of aliphatic hydroxyl groups is 1. The second-order valence-electron chi connectivity index (χ2n) is 9.31. The quantitative estimate of drug-likeness (QED) is 0.437. The van der Waals surface area contributed by atoms with Gasteiger partial charge in [-0.3, -0.25) is 9.88 Å². The zero-order valence-corrected chi connectivity index (χ0v) is 19.6. The van der Waals surface area contributed by atoms with Crippen LogP contribution < -0.4 is 20.9 Å². The zero-order chi connectivity index (χ0) is 23.9. The van der Waals surface area contributed by atoms with Crippen LogP contribution in [-0.4, -0.2) is 71.3 Å². The summed E-state index contributed by atoms with van der Waals surface area (Å²) in [5.74, 6) is 0.612. The molecule has 35 heavy (non-hydrogen) atoms. The summed E-state index contributed by atoms with van der Waals surface area (Å²) in [5.41, 5.74) is 4.85. The van der Waals surface area contributed by atoms with Crippen molar-refractivity contribution in [3.05, 3.63) is 36.2 Å². The molecule has 2 aromatic heterocycles. The maximum absolute atomic E-state index is 14.4. The third kappa shape index (κ3) is 4.40. The number of morpholine rings is 1. The van der Waals surface area contributed by atoms with Gasteiger partial charge in [-0.1, -0.05) is 0 Å². The van der Waals surface area contributed by atoms with Crippen LogP contribution in [0.15, 0.2) is 30.6 Å². The molecule has 1 aromatic carbocycles. The van der Waals surface area contributed by atoms with E-state index in [-0.39, 0.29) is 25.0 Å². The van der Waals surface area contributed by atoms with Gasteiger partial charge in [0, 0.05) is 50.0 Å². The predicted molar refractivity (Wildman–Crippen MR) is 131 cm³/mol. The van der Waals surface area contributed by atoms with Gasteiger partial charge in [-0.15, -0.1) is 0 Å². The van der Waals surface area contributed by atoms with E-state index in [1.807, 2.05) is 19.2 Å². The van der Waals surface area contributed by atoms with Crippen molar-refractivity contribution in [2.75, 3.05) is 48.9 Å². The Balaban J connectivity index is 1.45. The molecule has 3 aromatic rings. The highest BCUT2D eigenvalue weighted by Gasteiger charge is 2.37. The fourth-order valence-corrected chi connectivity index (χ4v) is 5.20. The summed E-state index contributed by atoms with van der Waals surface area (Å²) in [4.78, 5) is 11.5. The lowest BCUT2D eigenvalue weighted by atomic mass is 10.1. The number of hydrogen-bond donors (Lipinski definition) is 4. The predicted octanol–water partition coefficient (Wildman–Crippen LogP) is 2.49. The molecular formula is C24H30FN7O3. The smallest absolute Gasteiger partial charge is 0.190 e. The van der Waals surface area contributed by atoms with E-state index >= 15 is 0 Å². The second-order valence-corrected chi connectivity index (χ2v) is 9.31. The normalized spacial score (nSPS) is 26.9. The minimum absolute atomic E-state index is 0.273. The molecular weight excluding hydrogens is 453 g/mol. The van der Waals surface area contributed by atoms with Crippen molar-refractivity contribution >= 4 is 34.0 Å². The number of halogens is 1. The van der Waals surface area contributed by atoms with Crippen LogP contribution >= 0.6 is 0 Å². The Morgan fingerprint density at radius 2 is 2.03 bits per heavy atom. The minimum Gasteiger partial charge on any atom is -0.386 e. The molecule has 0 radical (unpaired) electrons. The van der Waals surface area contributed by atoms with Crippen molar-refractivity contribution in [2.24, 2.45) is 0 Å². The molecule has 1 aliphatic carbocycles. The van der Waals surface area contributed by atoms with Crippen molar-refractivity contribution in [2.45, 2.75) is 44.1 Å². The van der Waals surface area contributed by atoms with Crippen molar-refractivity contribution < 1.29 is 19.0 Å². The van der Waals surface area contributed by atoms with Crippen LogP contribution in [0.3, 0.4) is 0 Å². The summed E-state index contributed by atoms with van der Waals surface area (Å²) in [6, 6.07) is 7.80. The number of benzene rings is 1. The van der Waals surface area contributed by atoms with Gasteiger partial charge in [-0.2, -0.15) is 0 Å². The van der Waals surface area contributed by atoms with E-state index in [1.54, 1.807) is 10.9 Å². The first kappa shape index (κ1) is 22.5. The SMILES string of the molecule is CNc1cc2nc3c1ncn3C(O)N[C@@H]1C[C@@H](F)C[C@H]1OCc1cc(cc(N3CCOCC3)c1)N2. The summed E-state index contributed by atoms with van der Waals surface area (Å²) < 4.78 is 27.7. The van der Waals surface area contributed by atoms with Crippen LogP contribution in [0.4, 0.5) is 27.3 Å². The van der Waals surface area contributed by atoms with E-state index in [1.165, 1.54) is 0 Å². The number of ether oxygens (including phenoxy) is 2. The maximum atomic E-state index is 14.4. The third-order valence-electron chi connectivity index (χ3n) is 6.96. The van der Waals surface area contributed by atoms with Crippen LogP contribution in [0, 0.1) is 0 Å². The van der Waals surface area contributed by atoms with Gasteiger partial charge in [0.2, 0.25) is 0 Å². The number of fused-ring (bicyclic) bond motifs is 4. The summed E-state index contributed by atoms with van der Waals surface area (Å²) >= 11 is 0. The van der Waals surface area contributed by atoms with Crippen LogP contribution in [-0.2, 0) is 16.1 Å². The van der Waals surface area contributed by atoms with Gasteiger partial charge in [-0.05, 0) is 30.2 Å². The van der Waals surface area contributed by atoms with Crippen LogP contribution in [0.2, 0.25) is 0 Å². The maximum Gasteiger partial charge on any atom is 0.190 e. The van der Waals surface area contributed by atoms with E-state index in [0.29, 0.717) is 36.8 Å². The first-order valence-electron chi connectivity index (χ1n) is 12.1. The molecule has 10 nitrogen and oxygen atoms in total. The molecule has 0 amide bonds. The van der Waals surface area contributed by atoms with E-state index < -0.39 is 12.5 Å². The molecule has 4 heterocycles. The number of anilines is 4. The average Bonchev–Trinajstić information content (AvgIpc) is 3.45. The largest absolute Gasteiger partial charge is 0.386 e. The van der Waals surface area contributed by atoms with Crippen LogP contribution in [0.5, 0.6) is 0 Å². The number of aromatic nitrogens is 3. The standard InChI is InChI=1S/C24H30FN7O3/c1-26-19-11-21-28-16-6-14(7-17(10-16)31-2-4-34-5-3-31)12-35-20-9-15(25)8-18(20)29-24(33)32-13-27-22(19)23(32)30-21/h6-7,10-11,13,15,18,20,24,29,33H,2-5,8-9,12H2,1H3,(H2,26,28,30)/t15-,18-,20-,24?/m1/s1. The van der Waals surface area contributed by atoms with Crippen LogP contribution in [0.1, 0.15) is 24.8 Å². The summed E-state index contributed by atoms with van der Waals surface area (Å²) in [6.45, 7) is 3.34. The molecule has 6 rings (SSSR count). The van der Waals surface area contributed by atoms with Gasteiger partial charge in [0.15, 0.2) is 12.0 Å². The number of hydrogen-bond acceptors (Lipinski definition) is 9. The average molecular weight is 484 g/mol. The Morgan fingerprint density at radius 1 is 1.17 bits per heavy atom. The van der Waals surface area contributed by atoms with Gasteiger partial charge in [0.1, 0.15) is 23.8 Å². The van der Waals surface area contributed by atoms with Gasteiger partial charge in [-0.25, -0.2) is 14.4 Å². The fraction of sp³-hybridized carbons (Fsp3) is 0.500. The molecule has 4 N–H and O–H groups in total. The highest BCUT2D eigenvalue weighted by atomic mass is 19.1. The molecule has 2 aliphatic heterocycles. The third-order valence-corrected chi connectivity index (χ3v) is 6.96. The summed E-state index contributed by atoms with van der Waals surface area (Å²) in [6.07, 6.45) is -0.372. The zero-order valence-electron chi connectivity index (χ0n) is 19.6. The topological polar surface area (TPSA) is 109 Å². The first-order chi connectivity index (χ1) is 17.1. The van der Waals surface area contributed by atoms with Gasteiger partial charge < -0.3 is 30.1 Å². The molecule has 11 heteroatoms. The van der Waals surface area contributed by atoms with E-state index in [4.69, 9.17) is 14.5 Å². The molecule has 0 spiro atoms. The van der Waals surface area contributed by atoms with E-state index in [2.05, 4.69) is 38.0 Å². The Kier molecular flexibility index (Phi) is 5.93. The molecule has 4 bridgehead atoms. The van der Waals surface area contributed by atoms with Crippen molar-refractivity contribution in [3.63, 3.8) is 0 Å². The molecule has 186 valence electrons. The van der Waals surface area contributed by atoms with Crippen molar-refractivity contribution in [3.8, 4) is 0 Å². The Hall–Kier alpha value is -2.99. The first-order valence-corrected chi connectivity index (χ1v) is 12.1. The number of imidazole rings is 1. The number of nitrogens with one attached hydrogen (secondary N) is 3. The molecule has 1 unspecified atom stereocenters. The lowest BCUT2D eigenvalue weighted by Gasteiger charge is -2.30. The lowest BCUT2D eigenvalue weighted by molar-refractivity contribution is -0.00739. The Labute approximate surface area is 202 Å². The molecule has 4 atom stereocenters. The highest BCUT2D eigenvalue weighted by molar-refractivity contribution is 5.88. The molecule has 3 aliphatic rings. The second kappa shape index (κ2) is 9.23. The van der Waals surface area contributed by atoms with Crippen LogP contribution in [0.25, 0.3) is 11.2 Å². The highest BCUT2D eigenvalue weighted by Crippen LogP contribution is 2.32. The number of nitrogens with zero attached hydrogens (tertiary/aromatic N) is 4. The minimum atomic E-state index is -1.12. The monoisotopic (exact) mass is 483 g/mol. The molecule has 1 saturated heterocycles. The van der Waals surface area contributed by atoms with Crippen molar-refractivity contribution in [1.29, 1.82) is 0 Å². The van der Waals surface area contributed by atoms with Gasteiger partial charge in [0.25, 0.3) is 0 Å². The fourth-order valence-electron chi connectivity index (χ4n) is 5.20. The summed E-state index contributed by atoms with van der Waals surface area (Å²) in [7, 11) is 1.82. The van der Waals surface area contributed by atoms with Crippen molar-refractivity contribution in [1.82, 2.24) is 19.9 Å². The Bertz CT molecular complexity index is 1220. The molecule has 1 saturated carbocycles.